The topological polar surface area (TPSA) is 73.0 Å². The first kappa shape index (κ1) is 12.1. The molecule has 6 heteroatoms. The first-order valence-corrected chi connectivity index (χ1v) is 5.68. The molecule has 0 unspecified atom stereocenters. The summed E-state index contributed by atoms with van der Waals surface area (Å²) in [5.74, 6) is 0. The summed E-state index contributed by atoms with van der Waals surface area (Å²) in [6.45, 7) is 3.36. The minimum absolute atomic E-state index is 0.0834. The van der Waals surface area contributed by atoms with Crippen molar-refractivity contribution >= 4 is 11.4 Å². The van der Waals surface area contributed by atoms with Gasteiger partial charge in [-0.2, -0.15) is 0 Å². The zero-order valence-corrected chi connectivity index (χ0v) is 10.0. The summed E-state index contributed by atoms with van der Waals surface area (Å²) in [6.07, 6.45) is 3.50. The van der Waals surface area contributed by atoms with E-state index in [-0.39, 0.29) is 10.6 Å². The van der Waals surface area contributed by atoms with E-state index < -0.39 is 0 Å². The summed E-state index contributed by atoms with van der Waals surface area (Å²) in [5, 5.41) is 13.9. The standard InChI is InChI=1S/C12H14N4O2/c1-2-15-9-13-7-10(15)8-14-11-5-3-4-6-12(11)16(17)18/h3-7,9,14H,2,8H2,1H3. The molecule has 0 fully saturated rings. The summed E-state index contributed by atoms with van der Waals surface area (Å²) in [4.78, 5) is 14.5. The number of anilines is 1. The highest BCUT2D eigenvalue weighted by Gasteiger charge is 2.12. The van der Waals surface area contributed by atoms with Gasteiger partial charge in [0, 0.05) is 18.8 Å². The van der Waals surface area contributed by atoms with Crippen molar-refractivity contribution in [3.8, 4) is 0 Å². The lowest BCUT2D eigenvalue weighted by atomic mass is 10.2. The Labute approximate surface area is 104 Å². The van der Waals surface area contributed by atoms with Crippen molar-refractivity contribution in [2.75, 3.05) is 5.32 Å². The van der Waals surface area contributed by atoms with Gasteiger partial charge in [0.2, 0.25) is 0 Å². The number of aromatic nitrogens is 2. The molecule has 1 aromatic carbocycles. The molecule has 94 valence electrons. The highest BCUT2D eigenvalue weighted by Crippen LogP contribution is 2.23. The number of nitro benzene ring substituents is 1. The Hall–Kier alpha value is -2.37. The number of para-hydroxylation sites is 2. The van der Waals surface area contributed by atoms with Crippen LogP contribution in [0.5, 0.6) is 0 Å². The lowest BCUT2D eigenvalue weighted by Crippen LogP contribution is -2.07. The van der Waals surface area contributed by atoms with Crippen LogP contribution in [-0.2, 0) is 13.1 Å². The molecule has 0 aliphatic rings. The van der Waals surface area contributed by atoms with Crippen LogP contribution in [0.2, 0.25) is 0 Å². The normalized spacial score (nSPS) is 10.3. The van der Waals surface area contributed by atoms with Gasteiger partial charge in [-0.25, -0.2) is 4.98 Å². The predicted octanol–water partition coefficient (Wildman–Crippen LogP) is 2.42. The minimum Gasteiger partial charge on any atom is -0.374 e. The van der Waals surface area contributed by atoms with Gasteiger partial charge in [0.1, 0.15) is 5.69 Å². The summed E-state index contributed by atoms with van der Waals surface area (Å²) in [6, 6.07) is 6.61. The van der Waals surface area contributed by atoms with Crippen molar-refractivity contribution in [2.45, 2.75) is 20.0 Å². The summed E-state index contributed by atoms with van der Waals surface area (Å²) < 4.78 is 1.99. The van der Waals surface area contributed by atoms with E-state index in [9.17, 15) is 10.1 Å². The molecule has 0 saturated heterocycles. The zero-order chi connectivity index (χ0) is 13.0. The van der Waals surface area contributed by atoms with E-state index in [0.717, 1.165) is 12.2 Å². The maximum absolute atomic E-state index is 10.9. The molecule has 1 aromatic heterocycles. The average molecular weight is 246 g/mol. The van der Waals surface area contributed by atoms with Gasteiger partial charge in [-0.05, 0) is 13.0 Å². The molecule has 18 heavy (non-hydrogen) atoms. The second-order valence-corrected chi connectivity index (χ2v) is 3.80. The lowest BCUT2D eigenvalue weighted by molar-refractivity contribution is -0.384. The van der Waals surface area contributed by atoms with E-state index in [0.29, 0.717) is 12.2 Å². The molecule has 2 aromatic rings. The number of benzene rings is 1. The van der Waals surface area contributed by atoms with Crippen molar-refractivity contribution < 1.29 is 4.92 Å². The van der Waals surface area contributed by atoms with Crippen LogP contribution in [0, 0.1) is 10.1 Å². The number of aryl methyl sites for hydroxylation is 1. The van der Waals surface area contributed by atoms with Crippen molar-refractivity contribution in [1.29, 1.82) is 0 Å². The van der Waals surface area contributed by atoms with Crippen LogP contribution in [0.15, 0.2) is 36.8 Å². The largest absolute Gasteiger partial charge is 0.374 e. The predicted molar refractivity (Wildman–Crippen MR) is 68.3 cm³/mol. The first-order valence-electron chi connectivity index (χ1n) is 5.68. The van der Waals surface area contributed by atoms with E-state index in [1.807, 2.05) is 11.5 Å². The summed E-state index contributed by atoms with van der Waals surface area (Å²) >= 11 is 0. The molecule has 0 bridgehead atoms. The Morgan fingerprint density at radius 1 is 1.44 bits per heavy atom. The fourth-order valence-corrected chi connectivity index (χ4v) is 1.75. The number of nitrogens with zero attached hydrogens (tertiary/aromatic N) is 3. The molecule has 1 N–H and O–H groups in total. The van der Waals surface area contributed by atoms with Gasteiger partial charge in [0.15, 0.2) is 0 Å². The Morgan fingerprint density at radius 3 is 2.94 bits per heavy atom. The van der Waals surface area contributed by atoms with Crippen LogP contribution in [0.1, 0.15) is 12.6 Å². The van der Waals surface area contributed by atoms with Crippen molar-refractivity contribution in [3.05, 3.63) is 52.6 Å². The molecule has 0 radical (unpaired) electrons. The van der Waals surface area contributed by atoms with Gasteiger partial charge in [-0.1, -0.05) is 12.1 Å². The van der Waals surface area contributed by atoms with E-state index in [1.165, 1.54) is 6.07 Å². The molecule has 6 nitrogen and oxygen atoms in total. The molecule has 0 aliphatic carbocycles. The monoisotopic (exact) mass is 246 g/mol. The third-order valence-electron chi connectivity index (χ3n) is 2.70. The van der Waals surface area contributed by atoms with Crippen LogP contribution in [0.25, 0.3) is 0 Å². The van der Waals surface area contributed by atoms with Gasteiger partial charge in [0.05, 0.1) is 23.5 Å². The highest BCUT2D eigenvalue weighted by molar-refractivity contribution is 5.61. The smallest absolute Gasteiger partial charge is 0.292 e. The van der Waals surface area contributed by atoms with Gasteiger partial charge < -0.3 is 9.88 Å². The molecule has 0 saturated carbocycles. The Kier molecular flexibility index (Phi) is 3.57. The Bertz CT molecular complexity index is 551. The van der Waals surface area contributed by atoms with Crippen LogP contribution in [0.3, 0.4) is 0 Å². The number of hydrogen-bond acceptors (Lipinski definition) is 4. The Morgan fingerprint density at radius 2 is 2.22 bits per heavy atom. The molecular formula is C12H14N4O2. The second kappa shape index (κ2) is 5.31. The van der Waals surface area contributed by atoms with Gasteiger partial charge in [-0.15, -0.1) is 0 Å². The fraction of sp³-hybridized carbons (Fsp3) is 0.250. The van der Waals surface area contributed by atoms with E-state index in [1.54, 1.807) is 30.7 Å². The fourth-order valence-electron chi connectivity index (χ4n) is 1.75. The third-order valence-corrected chi connectivity index (χ3v) is 2.70. The number of nitro groups is 1. The van der Waals surface area contributed by atoms with Crippen LogP contribution in [-0.4, -0.2) is 14.5 Å². The first-order chi connectivity index (χ1) is 8.72. The van der Waals surface area contributed by atoms with Gasteiger partial charge >= 0.3 is 0 Å². The lowest BCUT2D eigenvalue weighted by Gasteiger charge is -2.08. The molecule has 2 rings (SSSR count). The van der Waals surface area contributed by atoms with Gasteiger partial charge in [0.25, 0.3) is 5.69 Å². The maximum atomic E-state index is 10.9. The molecule has 0 amide bonds. The van der Waals surface area contributed by atoms with Gasteiger partial charge in [-0.3, -0.25) is 10.1 Å². The molecule has 0 spiro atoms. The number of hydrogen-bond donors (Lipinski definition) is 1. The molecule has 1 heterocycles. The van der Waals surface area contributed by atoms with E-state index >= 15 is 0 Å². The van der Waals surface area contributed by atoms with Crippen molar-refractivity contribution in [3.63, 3.8) is 0 Å². The highest BCUT2D eigenvalue weighted by atomic mass is 16.6. The Balaban J connectivity index is 2.13. The number of imidazole rings is 1. The second-order valence-electron chi connectivity index (χ2n) is 3.80. The van der Waals surface area contributed by atoms with Crippen molar-refractivity contribution in [2.24, 2.45) is 0 Å². The van der Waals surface area contributed by atoms with Crippen LogP contribution < -0.4 is 5.32 Å². The summed E-state index contributed by atoms with van der Waals surface area (Å²) in [7, 11) is 0. The average Bonchev–Trinajstić information content (AvgIpc) is 2.84. The minimum atomic E-state index is -0.389. The van der Waals surface area contributed by atoms with Crippen LogP contribution >= 0.6 is 0 Å². The third kappa shape index (κ3) is 2.48. The summed E-state index contributed by atoms with van der Waals surface area (Å²) in [5.41, 5.74) is 1.60. The van der Waals surface area contributed by atoms with Crippen molar-refractivity contribution in [1.82, 2.24) is 9.55 Å². The number of nitrogens with one attached hydrogen (secondary N) is 1. The molecule has 0 aliphatic heterocycles. The van der Waals surface area contributed by atoms with E-state index in [2.05, 4.69) is 10.3 Å². The maximum Gasteiger partial charge on any atom is 0.292 e. The quantitative estimate of drug-likeness (QED) is 0.649. The van der Waals surface area contributed by atoms with Crippen LogP contribution in [0.4, 0.5) is 11.4 Å². The molecular weight excluding hydrogens is 232 g/mol. The number of rotatable bonds is 5. The van der Waals surface area contributed by atoms with E-state index in [4.69, 9.17) is 0 Å². The molecule has 0 atom stereocenters. The zero-order valence-electron chi connectivity index (χ0n) is 10.0. The SMILES string of the molecule is CCn1cncc1CNc1ccccc1[N+](=O)[O-].